The molecule has 0 unspecified atom stereocenters. The van der Waals surface area contributed by atoms with Crippen molar-refractivity contribution in [1.29, 1.82) is 0 Å². The van der Waals surface area contributed by atoms with E-state index in [2.05, 4.69) is 17.6 Å². The van der Waals surface area contributed by atoms with E-state index in [9.17, 15) is 22.8 Å². The summed E-state index contributed by atoms with van der Waals surface area (Å²) in [5.41, 5.74) is -2.04. The summed E-state index contributed by atoms with van der Waals surface area (Å²) in [6.07, 6.45) is 3.21. The first kappa shape index (κ1) is 45.6. The van der Waals surface area contributed by atoms with Gasteiger partial charge in [0.25, 0.3) is 10.1 Å². The van der Waals surface area contributed by atoms with E-state index in [-0.39, 0.29) is 65.5 Å². The molecule has 240 valence electrons. The Bertz CT molecular complexity index is 841. The standard InChI is InChI=1S/C9H17NO4S.C8H16O3.C8H15O2.C2H7N.BrH/c1-8(2,6-15(12,13)14)10-7(11)9(3)4-5-9;1-4-8(2,3)7(10)11-6-5-9;1-5-8(3,4)7(9)10-6-2;1-3-2;/h4-6H2,1-3H3,(H,10,11)(H,12,13,14);9H,4-6H2,1-3H3;2,5-6H2,1,3-4H3;3H,1-2H3;1H/q;;+1;;/p-1. The number of amides is 1. The van der Waals surface area contributed by atoms with Gasteiger partial charge in [0.1, 0.15) is 13.5 Å². The molecule has 0 aromatic carbocycles. The van der Waals surface area contributed by atoms with Gasteiger partial charge in [0, 0.05) is 5.41 Å². The lowest BCUT2D eigenvalue weighted by Crippen LogP contribution is -3.00. The van der Waals surface area contributed by atoms with E-state index >= 15 is 0 Å². The van der Waals surface area contributed by atoms with E-state index in [0.717, 1.165) is 25.7 Å². The lowest BCUT2D eigenvalue weighted by atomic mass is 9.91. The molecule has 0 bridgehead atoms. The molecule has 1 amide bonds. The van der Waals surface area contributed by atoms with E-state index in [1.807, 2.05) is 62.6 Å². The number of esters is 2. The fraction of sp³-hybridized carbons (Fsp3) is 0.852. The van der Waals surface area contributed by atoms with E-state index < -0.39 is 26.8 Å². The van der Waals surface area contributed by atoms with Crippen molar-refractivity contribution in [1.82, 2.24) is 10.6 Å². The van der Waals surface area contributed by atoms with Gasteiger partial charge in [0.15, 0.2) is 0 Å². The SMILES string of the molecule is CC(C)(CS(=O)(=O)O)NC(=O)C1(C)CC1.CCC(C)(C)C(=O)OCCO.CNC.[Br-].[CH2+]COC(=O)C(C)(C)CC. The number of nitrogens with one attached hydrogen (secondary N) is 2. The number of aliphatic hydroxyl groups is 1. The highest BCUT2D eigenvalue weighted by Gasteiger charge is 2.46. The van der Waals surface area contributed by atoms with Crippen LogP contribution in [0.15, 0.2) is 0 Å². The van der Waals surface area contributed by atoms with Crippen molar-refractivity contribution in [3.05, 3.63) is 6.92 Å². The maximum Gasteiger partial charge on any atom is 0.314 e. The summed E-state index contributed by atoms with van der Waals surface area (Å²) >= 11 is 0. The van der Waals surface area contributed by atoms with Crippen LogP contribution in [-0.4, -0.2) is 81.1 Å². The number of hydrogen-bond acceptors (Lipinski definition) is 9. The lowest BCUT2D eigenvalue weighted by Gasteiger charge is -2.26. The molecule has 1 aliphatic carbocycles. The van der Waals surface area contributed by atoms with Crippen molar-refractivity contribution < 1.29 is 58.9 Å². The minimum absolute atomic E-state index is 0. The first-order valence-corrected chi connectivity index (χ1v) is 14.8. The minimum Gasteiger partial charge on any atom is -1.00 e. The van der Waals surface area contributed by atoms with Gasteiger partial charge in [-0.3, -0.25) is 18.9 Å². The van der Waals surface area contributed by atoms with E-state index in [1.54, 1.807) is 13.8 Å². The van der Waals surface area contributed by atoms with Crippen LogP contribution in [-0.2, 0) is 34.0 Å². The molecule has 40 heavy (non-hydrogen) atoms. The van der Waals surface area contributed by atoms with Gasteiger partial charge >= 0.3 is 11.9 Å². The summed E-state index contributed by atoms with van der Waals surface area (Å²) in [6.45, 7) is 19.9. The van der Waals surface area contributed by atoms with Gasteiger partial charge < -0.3 is 42.2 Å². The maximum absolute atomic E-state index is 11.6. The molecule has 0 saturated heterocycles. The fourth-order valence-corrected chi connectivity index (χ4v) is 3.26. The van der Waals surface area contributed by atoms with Crippen LogP contribution in [0.2, 0.25) is 0 Å². The number of aliphatic hydroxyl groups excluding tert-OH is 1. The highest BCUT2D eigenvalue weighted by molar-refractivity contribution is 7.85. The summed E-state index contributed by atoms with van der Waals surface area (Å²) in [4.78, 5) is 33.8. The quantitative estimate of drug-likeness (QED) is 0.136. The number of carbonyl (C=O) groups excluding carboxylic acids is 3. The number of ether oxygens (including phenoxy) is 2. The molecular formula is C27H55BrN2O9S. The summed E-state index contributed by atoms with van der Waals surface area (Å²) in [5, 5.41) is 13.8. The Labute approximate surface area is 253 Å². The van der Waals surface area contributed by atoms with Crippen LogP contribution in [0.4, 0.5) is 0 Å². The number of rotatable bonds is 11. The second kappa shape index (κ2) is 20.5. The van der Waals surface area contributed by atoms with E-state index in [1.165, 1.54) is 0 Å². The van der Waals surface area contributed by atoms with Crippen LogP contribution < -0.4 is 27.6 Å². The number of hydrogen-bond donors (Lipinski definition) is 4. The van der Waals surface area contributed by atoms with Gasteiger partial charge in [-0.1, -0.05) is 20.8 Å². The average molecular weight is 664 g/mol. The molecular weight excluding hydrogens is 608 g/mol. The zero-order valence-corrected chi connectivity index (χ0v) is 28.8. The first-order chi connectivity index (χ1) is 17.5. The van der Waals surface area contributed by atoms with E-state index in [0.29, 0.717) is 0 Å². The Hall–Kier alpha value is -1.41. The molecule has 0 spiro atoms. The molecule has 1 rings (SSSR count). The van der Waals surface area contributed by atoms with Gasteiger partial charge in [0.05, 0.1) is 28.7 Å². The number of carbonyl (C=O) groups is 3. The van der Waals surface area contributed by atoms with Crippen molar-refractivity contribution in [3.8, 4) is 0 Å². The monoisotopic (exact) mass is 662 g/mol. The van der Waals surface area contributed by atoms with Crippen molar-refractivity contribution in [2.24, 2.45) is 16.2 Å². The largest absolute Gasteiger partial charge is 1.00 e. The smallest absolute Gasteiger partial charge is 0.314 e. The summed E-state index contributed by atoms with van der Waals surface area (Å²) in [5.74, 6) is -1.02. The third-order valence-corrected chi connectivity index (χ3v) is 7.06. The Morgan fingerprint density at radius 3 is 1.57 bits per heavy atom. The molecule has 1 fully saturated rings. The van der Waals surface area contributed by atoms with Crippen molar-refractivity contribution in [2.75, 3.05) is 39.7 Å². The Kier molecular flexibility index (Phi) is 23.3. The van der Waals surface area contributed by atoms with E-state index in [4.69, 9.17) is 19.1 Å². The molecule has 0 heterocycles. The highest BCUT2D eigenvalue weighted by atomic mass is 79.9. The predicted octanol–water partition coefficient (Wildman–Crippen LogP) is 0.167. The molecule has 1 aliphatic rings. The lowest BCUT2D eigenvalue weighted by molar-refractivity contribution is -0.155. The van der Waals surface area contributed by atoms with Crippen LogP contribution in [0.5, 0.6) is 0 Å². The van der Waals surface area contributed by atoms with Gasteiger partial charge in [-0.25, -0.2) is 0 Å². The van der Waals surface area contributed by atoms with Crippen LogP contribution in [0.25, 0.3) is 0 Å². The molecule has 11 nitrogen and oxygen atoms in total. The third-order valence-electron chi connectivity index (χ3n) is 5.97. The van der Waals surface area contributed by atoms with Crippen molar-refractivity contribution >= 4 is 28.0 Å². The normalized spacial score (nSPS) is 13.7. The van der Waals surface area contributed by atoms with Gasteiger partial charge in [-0.2, -0.15) is 8.42 Å². The highest BCUT2D eigenvalue weighted by Crippen LogP contribution is 2.45. The van der Waals surface area contributed by atoms with Crippen LogP contribution >= 0.6 is 0 Å². The summed E-state index contributed by atoms with van der Waals surface area (Å²) < 4.78 is 39.6. The van der Waals surface area contributed by atoms with Crippen LogP contribution in [0.1, 0.15) is 88.0 Å². The van der Waals surface area contributed by atoms with Crippen LogP contribution in [0, 0.1) is 23.2 Å². The fourth-order valence-electron chi connectivity index (χ4n) is 2.28. The maximum atomic E-state index is 11.6. The molecule has 13 heteroatoms. The zero-order chi connectivity index (χ0) is 31.7. The predicted molar refractivity (Wildman–Crippen MR) is 153 cm³/mol. The van der Waals surface area contributed by atoms with Gasteiger partial charge in [0.2, 0.25) is 12.5 Å². The van der Waals surface area contributed by atoms with Crippen molar-refractivity contribution in [3.63, 3.8) is 0 Å². The molecule has 0 aliphatic heterocycles. The Morgan fingerprint density at radius 1 is 0.925 bits per heavy atom. The minimum atomic E-state index is -4.07. The molecule has 0 aromatic rings. The Morgan fingerprint density at radius 2 is 1.30 bits per heavy atom. The van der Waals surface area contributed by atoms with Crippen LogP contribution in [0.3, 0.4) is 0 Å². The van der Waals surface area contributed by atoms with Gasteiger partial charge in [-0.15, -0.1) is 0 Å². The number of halogens is 1. The zero-order valence-electron chi connectivity index (χ0n) is 26.4. The average Bonchev–Trinajstić information content (AvgIpc) is 3.55. The molecule has 1 saturated carbocycles. The first-order valence-electron chi connectivity index (χ1n) is 13.2. The topological polar surface area (TPSA) is 168 Å². The van der Waals surface area contributed by atoms with Gasteiger partial charge in [-0.05, 0) is 81.3 Å². The second-order valence-electron chi connectivity index (χ2n) is 11.6. The summed E-state index contributed by atoms with van der Waals surface area (Å²) in [6, 6.07) is 0. The summed E-state index contributed by atoms with van der Waals surface area (Å²) in [7, 11) is -0.317. The third kappa shape index (κ3) is 22.3. The molecule has 0 aromatic heterocycles. The van der Waals surface area contributed by atoms with Crippen molar-refractivity contribution in [2.45, 2.75) is 93.5 Å². The molecule has 4 N–H and O–H groups in total. The second-order valence-corrected chi connectivity index (χ2v) is 13.0. The molecule has 0 atom stereocenters. The Balaban J connectivity index is -0.000000234. The molecule has 0 radical (unpaired) electrons.